The zero-order chi connectivity index (χ0) is 18.1. The van der Waals surface area contributed by atoms with Crippen molar-refractivity contribution in [3.05, 3.63) is 64.0 Å². The number of ether oxygens (including phenoxy) is 1. The molecule has 7 nitrogen and oxygen atoms in total. The minimum atomic E-state index is 0.638. The quantitative estimate of drug-likeness (QED) is 0.463. The first-order valence-corrected chi connectivity index (χ1v) is 9.14. The second kappa shape index (κ2) is 6.94. The number of nitrogens with one attached hydrogen (secondary N) is 1. The van der Waals surface area contributed by atoms with Crippen molar-refractivity contribution in [2.24, 2.45) is 0 Å². The lowest BCUT2D eigenvalue weighted by Gasteiger charge is -2.14. The summed E-state index contributed by atoms with van der Waals surface area (Å²) in [5.41, 5.74) is 3.77. The highest BCUT2D eigenvalue weighted by molar-refractivity contribution is 14.1. The predicted molar refractivity (Wildman–Crippen MR) is 108 cm³/mol. The molecule has 0 atom stereocenters. The van der Waals surface area contributed by atoms with Gasteiger partial charge in [0.2, 0.25) is 0 Å². The van der Waals surface area contributed by atoms with Crippen LogP contribution in [0.1, 0.15) is 11.3 Å². The largest absolute Gasteiger partial charge is 0.496 e. The summed E-state index contributed by atoms with van der Waals surface area (Å²) < 4.78 is 10.5. The molecule has 8 heteroatoms. The maximum Gasteiger partial charge on any atom is 0.186 e. The van der Waals surface area contributed by atoms with E-state index < -0.39 is 0 Å². The van der Waals surface area contributed by atoms with Gasteiger partial charge in [-0.3, -0.25) is 4.40 Å². The number of methoxy groups -OCH3 is 1. The minimum Gasteiger partial charge on any atom is -0.496 e. The minimum absolute atomic E-state index is 0.638. The molecule has 1 aromatic carbocycles. The molecule has 0 aliphatic carbocycles. The van der Waals surface area contributed by atoms with Crippen molar-refractivity contribution in [3.63, 3.8) is 0 Å². The summed E-state index contributed by atoms with van der Waals surface area (Å²) in [4.78, 5) is 4.29. The molecular formula is C18H17IN6O. The van der Waals surface area contributed by atoms with Gasteiger partial charge in [-0.25, -0.2) is 4.98 Å². The van der Waals surface area contributed by atoms with Gasteiger partial charge in [-0.2, -0.15) is 0 Å². The summed E-state index contributed by atoms with van der Waals surface area (Å²) >= 11 is 2.32. The van der Waals surface area contributed by atoms with Crippen LogP contribution in [0.4, 0.5) is 5.82 Å². The monoisotopic (exact) mass is 460 g/mol. The highest BCUT2D eigenvalue weighted by Gasteiger charge is 2.12. The molecule has 26 heavy (non-hydrogen) atoms. The molecule has 3 aromatic heterocycles. The first kappa shape index (κ1) is 16.8. The van der Waals surface area contributed by atoms with Crippen molar-refractivity contribution >= 4 is 34.1 Å². The number of benzene rings is 1. The molecule has 0 aliphatic heterocycles. The van der Waals surface area contributed by atoms with E-state index in [1.807, 2.05) is 46.4 Å². The van der Waals surface area contributed by atoms with Crippen molar-refractivity contribution in [1.29, 1.82) is 0 Å². The highest BCUT2D eigenvalue weighted by atomic mass is 127. The number of aromatic nitrogens is 5. The summed E-state index contributed by atoms with van der Waals surface area (Å²) in [6.45, 7) is 2.60. The normalized spacial score (nSPS) is 11.0. The van der Waals surface area contributed by atoms with Gasteiger partial charge in [-0.15, -0.1) is 10.2 Å². The topological polar surface area (TPSA) is 69.3 Å². The number of hydrogen-bond acceptors (Lipinski definition) is 5. The number of aryl methyl sites for hydroxylation is 1. The summed E-state index contributed by atoms with van der Waals surface area (Å²) in [5.74, 6) is 1.78. The molecule has 0 unspecified atom stereocenters. The molecule has 132 valence electrons. The zero-order valence-corrected chi connectivity index (χ0v) is 16.5. The molecule has 4 aromatic rings. The molecule has 0 fully saturated rings. The maximum atomic E-state index is 5.48. The third kappa shape index (κ3) is 3.00. The molecule has 0 saturated heterocycles. The van der Waals surface area contributed by atoms with Crippen LogP contribution in [0.5, 0.6) is 5.75 Å². The second-order valence-corrected chi connectivity index (χ2v) is 6.99. The molecular weight excluding hydrogens is 443 g/mol. The molecule has 0 bridgehead atoms. The maximum absolute atomic E-state index is 5.48. The molecule has 0 amide bonds. The van der Waals surface area contributed by atoms with Crippen molar-refractivity contribution in [2.75, 3.05) is 12.4 Å². The number of pyridine rings is 1. The Labute approximate surface area is 164 Å². The van der Waals surface area contributed by atoms with E-state index in [2.05, 4.69) is 49.2 Å². The van der Waals surface area contributed by atoms with Crippen LogP contribution < -0.4 is 10.1 Å². The van der Waals surface area contributed by atoms with Gasteiger partial charge in [0.05, 0.1) is 24.8 Å². The molecule has 4 rings (SSSR count). The number of nitrogens with zero attached hydrogens (tertiary/aromatic N) is 5. The van der Waals surface area contributed by atoms with Crippen LogP contribution >= 0.6 is 22.6 Å². The number of anilines is 1. The van der Waals surface area contributed by atoms with E-state index in [0.29, 0.717) is 6.54 Å². The third-order valence-electron chi connectivity index (χ3n) is 4.17. The lowest BCUT2D eigenvalue weighted by molar-refractivity contribution is 0.410. The van der Waals surface area contributed by atoms with Gasteiger partial charge < -0.3 is 14.6 Å². The van der Waals surface area contributed by atoms with Gasteiger partial charge in [-0.05, 0) is 53.8 Å². The Kier molecular flexibility index (Phi) is 4.49. The van der Waals surface area contributed by atoms with Crippen LogP contribution in [0.25, 0.3) is 11.3 Å². The van der Waals surface area contributed by atoms with Crippen molar-refractivity contribution in [3.8, 4) is 11.4 Å². The van der Waals surface area contributed by atoms with E-state index in [1.165, 1.54) is 0 Å². The Morgan fingerprint density at radius 2 is 2.08 bits per heavy atom. The van der Waals surface area contributed by atoms with Crippen LogP contribution in [0.2, 0.25) is 0 Å². The number of rotatable bonds is 5. The van der Waals surface area contributed by atoms with Gasteiger partial charge in [0, 0.05) is 21.9 Å². The van der Waals surface area contributed by atoms with Crippen LogP contribution in [-0.4, -0.2) is 31.3 Å². The van der Waals surface area contributed by atoms with Crippen LogP contribution in [0, 0.1) is 10.5 Å². The first-order valence-electron chi connectivity index (χ1n) is 8.06. The summed E-state index contributed by atoms with van der Waals surface area (Å²) in [7, 11) is 1.69. The fraction of sp³-hybridized carbons (Fsp3) is 0.167. The Morgan fingerprint density at radius 1 is 1.19 bits per heavy atom. The first-order chi connectivity index (χ1) is 12.7. The van der Waals surface area contributed by atoms with Gasteiger partial charge in [0.25, 0.3) is 0 Å². The van der Waals surface area contributed by atoms with Crippen LogP contribution in [0.3, 0.4) is 0 Å². The van der Waals surface area contributed by atoms with E-state index in [0.717, 1.165) is 37.7 Å². The molecule has 3 heterocycles. The number of halogens is 1. The van der Waals surface area contributed by atoms with Crippen molar-refractivity contribution < 1.29 is 4.74 Å². The smallest absolute Gasteiger partial charge is 0.186 e. The Balaban J connectivity index is 1.68. The Bertz CT molecular complexity index is 1070. The van der Waals surface area contributed by atoms with Crippen molar-refractivity contribution in [1.82, 2.24) is 24.1 Å². The third-order valence-corrected chi connectivity index (χ3v) is 5.18. The lowest BCUT2D eigenvalue weighted by Crippen LogP contribution is -2.08. The summed E-state index contributed by atoms with van der Waals surface area (Å²) in [6.07, 6.45) is 5.45. The number of hydrogen-bond donors (Lipinski definition) is 1. The average Bonchev–Trinajstić information content (AvgIpc) is 3.29. The second-order valence-electron chi connectivity index (χ2n) is 5.82. The molecule has 0 saturated carbocycles. The SMILES string of the molecule is COc1cccc(I)c1CNc1ccc(-n2cnc(C)c2)c2nncn12. The predicted octanol–water partition coefficient (Wildman–Crippen LogP) is 3.45. The lowest BCUT2D eigenvalue weighted by atomic mass is 10.2. The molecule has 0 spiro atoms. The highest BCUT2D eigenvalue weighted by Crippen LogP contribution is 2.25. The fourth-order valence-electron chi connectivity index (χ4n) is 2.88. The fourth-order valence-corrected chi connectivity index (χ4v) is 3.54. The molecule has 1 N–H and O–H groups in total. The summed E-state index contributed by atoms with van der Waals surface area (Å²) in [6, 6.07) is 10.1. The van der Waals surface area contributed by atoms with E-state index in [1.54, 1.807) is 19.8 Å². The van der Waals surface area contributed by atoms with Gasteiger partial charge in [-0.1, -0.05) is 6.07 Å². The van der Waals surface area contributed by atoms with E-state index in [9.17, 15) is 0 Å². The molecule has 0 radical (unpaired) electrons. The Morgan fingerprint density at radius 3 is 2.85 bits per heavy atom. The standard InChI is InChI=1S/C18H17IN6O/c1-12-9-24(10-21-12)15-6-7-17(25-11-22-23-18(15)25)20-8-13-14(19)4-3-5-16(13)26-2/h3-7,9-11,20H,8H2,1-2H3. The van der Waals surface area contributed by atoms with Gasteiger partial charge in [0.15, 0.2) is 5.65 Å². The number of imidazole rings is 1. The zero-order valence-electron chi connectivity index (χ0n) is 14.3. The van der Waals surface area contributed by atoms with E-state index in [4.69, 9.17) is 4.74 Å². The van der Waals surface area contributed by atoms with E-state index >= 15 is 0 Å². The van der Waals surface area contributed by atoms with Crippen LogP contribution in [0.15, 0.2) is 49.2 Å². The van der Waals surface area contributed by atoms with Gasteiger partial charge >= 0.3 is 0 Å². The number of fused-ring (bicyclic) bond motifs is 1. The Hall–Kier alpha value is -2.62. The van der Waals surface area contributed by atoms with Gasteiger partial charge in [0.1, 0.15) is 17.9 Å². The molecule has 0 aliphatic rings. The van der Waals surface area contributed by atoms with Crippen LogP contribution in [-0.2, 0) is 6.54 Å². The summed E-state index contributed by atoms with van der Waals surface area (Å²) in [5, 5.41) is 11.8. The van der Waals surface area contributed by atoms with E-state index in [-0.39, 0.29) is 0 Å². The average molecular weight is 460 g/mol. The van der Waals surface area contributed by atoms with Crippen molar-refractivity contribution in [2.45, 2.75) is 13.5 Å².